The van der Waals surface area contributed by atoms with Crippen molar-refractivity contribution >= 4 is 29.0 Å². The third kappa shape index (κ3) is 3.78. The maximum absolute atomic E-state index is 6.45. The normalized spacial score (nSPS) is 14.4. The van der Waals surface area contributed by atoms with Crippen LogP contribution in [0.1, 0.15) is 11.1 Å². The Balaban J connectivity index is 1.49. The molecule has 1 aromatic heterocycles. The summed E-state index contributed by atoms with van der Waals surface area (Å²) in [5.74, 6) is 0.842. The molecule has 4 rings (SSSR count). The monoisotopic (exact) mass is 391 g/mol. The molecule has 1 aliphatic heterocycles. The molecule has 6 heteroatoms. The third-order valence-electron chi connectivity index (χ3n) is 5.28. The van der Waals surface area contributed by atoms with Crippen molar-refractivity contribution in [2.24, 2.45) is 0 Å². The molecule has 0 saturated carbocycles. The molecule has 1 aliphatic rings. The highest BCUT2D eigenvalue weighted by Crippen LogP contribution is 2.35. The topological polar surface area (TPSA) is 58.3 Å². The van der Waals surface area contributed by atoms with Gasteiger partial charge in [0, 0.05) is 36.8 Å². The third-order valence-corrected chi connectivity index (χ3v) is 6.31. The first kappa shape index (κ1) is 18.6. The fourth-order valence-corrected chi connectivity index (χ4v) is 4.36. The molecule has 0 bridgehead atoms. The molecule has 1 saturated heterocycles. The molecule has 0 aliphatic carbocycles. The van der Waals surface area contributed by atoms with E-state index in [1.165, 1.54) is 16.8 Å². The number of nitrogens with zero attached hydrogens (tertiary/aromatic N) is 4. The van der Waals surface area contributed by atoms with Crippen LogP contribution >= 0.6 is 11.8 Å². The largest absolute Gasteiger partial charge is 0.394 e. The number of nitrogen functional groups attached to an aromatic ring is 1. The van der Waals surface area contributed by atoms with Gasteiger partial charge in [0.2, 0.25) is 0 Å². The molecule has 0 atom stereocenters. The van der Waals surface area contributed by atoms with E-state index in [1.54, 1.807) is 18.1 Å². The lowest BCUT2D eigenvalue weighted by molar-refractivity contribution is 0.645. The van der Waals surface area contributed by atoms with E-state index in [-0.39, 0.29) is 0 Å². The Morgan fingerprint density at radius 1 is 0.857 bits per heavy atom. The van der Waals surface area contributed by atoms with Gasteiger partial charge in [0.25, 0.3) is 0 Å². The predicted octanol–water partition coefficient (Wildman–Crippen LogP) is 4.15. The van der Waals surface area contributed by atoms with Crippen molar-refractivity contribution in [1.29, 1.82) is 0 Å². The van der Waals surface area contributed by atoms with Gasteiger partial charge in [0.1, 0.15) is 17.0 Å². The molecule has 0 radical (unpaired) electrons. The molecule has 2 heterocycles. The van der Waals surface area contributed by atoms with Gasteiger partial charge in [0.05, 0.1) is 0 Å². The summed E-state index contributed by atoms with van der Waals surface area (Å²) in [6.45, 7) is 8.06. The second-order valence-electron chi connectivity index (χ2n) is 7.02. The van der Waals surface area contributed by atoms with Crippen LogP contribution in [0.5, 0.6) is 0 Å². The molecule has 0 amide bonds. The van der Waals surface area contributed by atoms with Gasteiger partial charge in [-0.25, -0.2) is 9.97 Å². The number of rotatable bonds is 4. The summed E-state index contributed by atoms with van der Waals surface area (Å²) in [4.78, 5) is 14.7. The number of piperazine rings is 1. The van der Waals surface area contributed by atoms with Gasteiger partial charge in [-0.3, -0.25) is 0 Å². The number of benzene rings is 2. The highest BCUT2D eigenvalue weighted by molar-refractivity contribution is 7.99. The minimum Gasteiger partial charge on any atom is -0.394 e. The van der Waals surface area contributed by atoms with Gasteiger partial charge in [-0.15, -0.1) is 0 Å². The number of hydrogen-bond acceptors (Lipinski definition) is 6. The molecule has 0 spiro atoms. The zero-order valence-corrected chi connectivity index (χ0v) is 17.1. The van der Waals surface area contributed by atoms with Crippen molar-refractivity contribution in [2.45, 2.75) is 23.8 Å². The van der Waals surface area contributed by atoms with Crippen molar-refractivity contribution in [3.8, 4) is 0 Å². The summed E-state index contributed by atoms with van der Waals surface area (Å²) in [5, 5.41) is 0.813. The second-order valence-corrected chi connectivity index (χ2v) is 8.09. The van der Waals surface area contributed by atoms with Crippen molar-refractivity contribution < 1.29 is 0 Å². The van der Waals surface area contributed by atoms with Gasteiger partial charge in [-0.2, -0.15) is 0 Å². The first-order valence-corrected chi connectivity index (χ1v) is 10.3. The maximum Gasteiger partial charge on any atom is 0.156 e. The van der Waals surface area contributed by atoms with E-state index in [9.17, 15) is 0 Å². The van der Waals surface area contributed by atoms with E-state index in [1.807, 2.05) is 18.2 Å². The molecule has 1 fully saturated rings. The predicted molar refractivity (Wildman–Crippen MR) is 117 cm³/mol. The van der Waals surface area contributed by atoms with Gasteiger partial charge in [-0.05, 0) is 43.2 Å². The van der Waals surface area contributed by atoms with Gasteiger partial charge in [0.15, 0.2) is 5.82 Å². The molecular formula is C22H25N5S. The average molecular weight is 392 g/mol. The maximum atomic E-state index is 6.45. The minimum atomic E-state index is 0.663. The van der Waals surface area contributed by atoms with Crippen molar-refractivity contribution in [1.82, 2.24) is 9.97 Å². The van der Waals surface area contributed by atoms with E-state index >= 15 is 0 Å². The summed E-state index contributed by atoms with van der Waals surface area (Å²) in [6, 6.07) is 16.7. The van der Waals surface area contributed by atoms with Crippen LogP contribution < -0.4 is 15.5 Å². The van der Waals surface area contributed by atoms with Crippen LogP contribution in [0.25, 0.3) is 0 Å². The molecular weight excluding hydrogens is 366 g/mol. The van der Waals surface area contributed by atoms with E-state index in [2.05, 4.69) is 63.9 Å². The lowest BCUT2D eigenvalue weighted by Gasteiger charge is -2.38. The standard InChI is InChI=1S/C22H25N5S/c1-16-7-6-10-19(17(16)2)26-11-13-27(14-12-26)21-20(23)22(25-15-24-21)28-18-8-4-3-5-9-18/h3-10,15H,11-14,23H2,1-2H3. The molecule has 144 valence electrons. The van der Waals surface area contributed by atoms with Crippen LogP contribution in [0.2, 0.25) is 0 Å². The Bertz CT molecular complexity index is 952. The molecule has 3 aromatic rings. The van der Waals surface area contributed by atoms with Gasteiger partial charge < -0.3 is 15.5 Å². The van der Waals surface area contributed by atoms with Crippen molar-refractivity contribution in [3.63, 3.8) is 0 Å². The van der Waals surface area contributed by atoms with Crippen LogP contribution in [-0.4, -0.2) is 36.1 Å². The van der Waals surface area contributed by atoms with E-state index in [0.29, 0.717) is 5.69 Å². The lowest BCUT2D eigenvalue weighted by Crippen LogP contribution is -2.47. The first-order chi connectivity index (χ1) is 13.6. The zero-order valence-electron chi connectivity index (χ0n) is 16.3. The molecule has 0 unspecified atom stereocenters. The van der Waals surface area contributed by atoms with E-state index in [0.717, 1.165) is 41.9 Å². The minimum absolute atomic E-state index is 0.663. The fraction of sp³-hybridized carbons (Fsp3) is 0.273. The Labute approximate surface area is 170 Å². The van der Waals surface area contributed by atoms with Crippen LogP contribution in [0.3, 0.4) is 0 Å². The van der Waals surface area contributed by atoms with Crippen molar-refractivity contribution in [3.05, 3.63) is 66.0 Å². The summed E-state index contributed by atoms with van der Waals surface area (Å²) in [5.41, 5.74) is 11.1. The Morgan fingerprint density at radius 2 is 1.57 bits per heavy atom. The van der Waals surface area contributed by atoms with Gasteiger partial charge >= 0.3 is 0 Å². The highest BCUT2D eigenvalue weighted by Gasteiger charge is 2.22. The van der Waals surface area contributed by atoms with Crippen LogP contribution in [0, 0.1) is 13.8 Å². The lowest BCUT2D eigenvalue weighted by atomic mass is 10.1. The number of nitrogens with two attached hydrogens (primary N) is 1. The second kappa shape index (κ2) is 8.10. The molecule has 28 heavy (non-hydrogen) atoms. The summed E-state index contributed by atoms with van der Waals surface area (Å²) in [6.07, 6.45) is 1.62. The highest BCUT2D eigenvalue weighted by atomic mass is 32.2. The average Bonchev–Trinajstić information content (AvgIpc) is 2.73. The Hall–Kier alpha value is -2.73. The Morgan fingerprint density at radius 3 is 2.32 bits per heavy atom. The van der Waals surface area contributed by atoms with Crippen LogP contribution in [0.4, 0.5) is 17.2 Å². The van der Waals surface area contributed by atoms with E-state index < -0.39 is 0 Å². The fourth-order valence-electron chi connectivity index (χ4n) is 3.54. The number of aromatic nitrogens is 2. The molecule has 2 aromatic carbocycles. The number of hydrogen-bond donors (Lipinski definition) is 1. The quantitative estimate of drug-likeness (QED) is 0.674. The summed E-state index contributed by atoms with van der Waals surface area (Å²) >= 11 is 1.58. The van der Waals surface area contributed by atoms with E-state index in [4.69, 9.17) is 5.73 Å². The van der Waals surface area contributed by atoms with Crippen LogP contribution in [-0.2, 0) is 0 Å². The van der Waals surface area contributed by atoms with Gasteiger partial charge in [-0.1, -0.05) is 42.1 Å². The zero-order chi connectivity index (χ0) is 19.5. The Kier molecular flexibility index (Phi) is 5.39. The summed E-state index contributed by atoms with van der Waals surface area (Å²) < 4.78 is 0. The number of aryl methyl sites for hydroxylation is 1. The van der Waals surface area contributed by atoms with Crippen LogP contribution in [0.15, 0.2) is 64.8 Å². The van der Waals surface area contributed by atoms with Crippen molar-refractivity contribution in [2.75, 3.05) is 41.7 Å². The molecule has 5 nitrogen and oxygen atoms in total. The summed E-state index contributed by atoms with van der Waals surface area (Å²) in [7, 11) is 0. The molecule has 2 N–H and O–H groups in total. The SMILES string of the molecule is Cc1cccc(N2CCN(c3ncnc(Sc4ccccc4)c3N)CC2)c1C. The first-order valence-electron chi connectivity index (χ1n) is 9.53. The smallest absolute Gasteiger partial charge is 0.156 e. The number of anilines is 3.